The van der Waals surface area contributed by atoms with Gasteiger partial charge in [0.25, 0.3) is 0 Å². The van der Waals surface area contributed by atoms with E-state index in [-0.39, 0.29) is 16.2 Å². The van der Waals surface area contributed by atoms with E-state index in [1.807, 2.05) is 0 Å². The van der Waals surface area contributed by atoms with Crippen molar-refractivity contribution in [1.29, 1.82) is 0 Å². The van der Waals surface area contributed by atoms with Crippen LogP contribution in [0, 0.1) is 0 Å². The SMILES string of the molecule is CC1(C)c2cc(N(c3cccc(-c4ccccc4)c3)c3ccc4c(c3)C(C)(C)c3c5c(c6oc7ccccc7c6c3-4)-c3ccccc3C5(C)C)ccc2-c2c1cc(-c1ccccc1)c1oc3ccccc3c21. The maximum Gasteiger partial charge on any atom is 0.144 e. The van der Waals surface area contributed by atoms with Crippen LogP contribution in [0.2, 0.25) is 0 Å². The summed E-state index contributed by atoms with van der Waals surface area (Å²) in [6.45, 7) is 14.5. The zero-order valence-electron chi connectivity index (χ0n) is 41.3. The Morgan fingerprint density at radius 3 is 1.51 bits per heavy atom. The van der Waals surface area contributed by atoms with Gasteiger partial charge in [0, 0.05) is 66.0 Å². The monoisotopic (exact) mass is 925 g/mol. The number of hydrogen-bond donors (Lipinski definition) is 0. The smallest absolute Gasteiger partial charge is 0.144 e. The van der Waals surface area contributed by atoms with E-state index in [1.165, 1.54) is 94.0 Å². The Kier molecular flexibility index (Phi) is 8.26. The van der Waals surface area contributed by atoms with Gasteiger partial charge >= 0.3 is 0 Å². The quantitative estimate of drug-likeness (QED) is 0.172. The van der Waals surface area contributed by atoms with Crippen molar-refractivity contribution < 1.29 is 8.83 Å². The molecule has 0 unspecified atom stereocenters. The van der Waals surface area contributed by atoms with Gasteiger partial charge in [0.2, 0.25) is 0 Å². The van der Waals surface area contributed by atoms with Gasteiger partial charge in [0.1, 0.15) is 22.3 Å². The van der Waals surface area contributed by atoms with E-state index in [4.69, 9.17) is 8.83 Å². The minimum absolute atomic E-state index is 0.236. The Labute approximate surface area is 419 Å². The first-order chi connectivity index (χ1) is 35.0. The van der Waals surface area contributed by atoms with E-state index < -0.39 is 0 Å². The van der Waals surface area contributed by atoms with Crippen LogP contribution in [0.25, 0.3) is 99.5 Å². The molecule has 0 bridgehead atoms. The Morgan fingerprint density at radius 1 is 0.319 bits per heavy atom. The number of para-hydroxylation sites is 2. The van der Waals surface area contributed by atoms with Gasteiger partial charge in [0.15, 0.2) is 0 Å². The molecule has 0 N–H and O–H groups in total. The molecule has 0 fully saturated rings. The highest BCUT2D eigenvalue weighted by molar-refractivity contribution is 6.21. The van der Waals surface area contributed by atoms with Crippen LogP contribution in [0.1, 0.15) is 74.9 Å². The molecule has 0 aliphatic heterocycles. The molecule has 2 heterocycles. The van der Waals surface area contributed by atoms with Gasteiger partial charge in [-0.1, -0.05) is 187 Å². The molecule has 0 saturated heterocycles. The lowest BCUT2D eigenvalue weighted by Crippen LogP contribution is -2.24. The van der Waals surface area contributed by atoms with Crippen LogP contribution in [-0.2, 0) is 16.2 Å². The summed E-state index contributed by atoms with van der Waals surface area (Å²) >= 11 is 0. The van der Waals surface area contributed by atoms with Gasteiger partial charge in [-0.25, -0.2) is 0 Å². The molecular formula is C69H51NO2. The van der Waals surface area contributed by atoms with E-state index in [0.29, 0.717) is 0 Å². The van der Waals surface area contributed by atoms with Crippen LogP contribution in [0.3, 0.4) is 0 Å². The molecule has 0 amide bonds. The van der Waals surface area contributed by atoms with Gasteiger partial charge in [0.05, 0.1) is 0 Å². The molecule has 0 spiro atoms. The fraction of sp³-hybridized carbons (Fsp3) is 0.130. The number of furan rings is 2. The minimum Gasteiger partial charge on any atom is -0.455 e. The maximum absolute atomic E-state index is 7.01. The Hall–Kier alpha value is -8.40. The highest BCUT2D eigenvalue weighted by Crippen LogP contribution is 2.64. The highest BCUT2D eigenvalue weighted by Gasteiger charge is 2.49. The van der Waals surface area contributed by atoms with Gasteiger partial charge < -0.3 is 13.7 Å². The standard InChI is InChI=1S/C69H51NO2/c1-67(2)53-37-44(32-34-47(53)58-55(67)39-51(41-22-11-8-12-23-41)65-60(58)49-27-14-17-30-56(49)71-65)70(43-25-19-24-42(36-43)40-20-9-7-10-21-40)45-33-35-48-54(38-45)69(5,6)63-59(48)61-50-28-15-18-31-57(50)72-66(61)62-46-26-13-16-29-52(46)68(3,4)64(62)63/h7-39H,1-6H3. The molecule has 10 aromatic carbocycles. The first kappa shape index (κ1) is 41.4. The zero-order valence-corrected chi connectivity index (χ0v) is 41.3. The van der Waals surface area contributed by atoms with Crippen LogP contribution in [0.15, 0.2) is 209 Å². The fourth-order valence-corrected chi connectivity index (χ4v) is 13.6. The van der Waals surface area contributed by atoms with E-state index in [1.54, 1.807) is 0 Å². The summed E-state index contributed by atoms with van der Waals surface area (Å²) < 4.78 is 13.8. The fourth-order valence-electron chi connectivity index (χ4n) is 13.6. The Bertz CT molecular complexity index is 4300. The van der Waals surface area contributed by atoms with Crippen LogP contribution in [-0.4, -0.2) is 0 Å². The summed E-state index contributed by atoms with van der Waals surface area (Å²) in [5, 5.41) is 4.72. The molecule has 12 aromatic rings. The van der Waals surface area contributed by atoms with Crippen molar-refractivity contribution in [3.05, 3.63) is 234 Å². The molecule has 3 nitrogen and oxygen atoms in total. The summed E-state index contributed by atoms with van der Waals surface area (Å²) in [4.78, 5) is 2.50. The van der Waals surface area contributed by atoms with Crippen molar-refractivity contribution in [3.8, 4) is 55.6 Å². The molecular weight excluding hydrogens is 875 g/mol. The lowest BCUT2D eigenvalue weighted by Gasteiger charge is -2.32. The Balaban J connectivity index is 0.964. The summed E-state index contributed by atoms with van der Waals surface area (Å²) in [5.41, 5.74) is 26.6. The molecule has 0 saturated carbocycles. The van der Waals surface area contributed by atoms with Crippen molar-refractivity contribution in [3.63, 3.8) is 0 Å². The summed E-state index contributed by atoms with van der Waals surface area (Å²) in [6.07, 6.45) is 0. The zero-order chi connectivity index (χ0) is 48.4. The number of hydrogen-bond acceptors (Lipinski definition) is 3. The van der Waals surface area contributed by atoms with Gasteiger partial charge in [-0.05, 0) is 132 Å². The topological polar surface area (TPSA) is 29.5 Å². The predicted molar refractivity (Wildman–Crippen MR) is 299 cm³/mol. The van der Waals surface area contributed by atoms with Crippen LogP contribution >= 0.6 is 0 Å². The van der Waals surface area contributed by atoms with Crippen molar-refractivity contribution >= 4 is 60.9 Å². The van der Waals surface area contributed by atoms with Crippen molar-refractivity contribution in [1.82, 2.24) is 0 Å². The highest BCUT2D eigenvalue weighted by atomic mass is 16.3. The number of anilines is 3. The van der Waals surface area contributed by atoms with E-state index in [2.05, 4.69) is 247 Å². The lowest BCUT2D eigenvalue weighted by molar-refractivity contribution is 0.600. The Morgan fingerprint density at radius 2 is 0.819 bits per heavy atom. The number of benzene rings is 10. The van der Waals surface area contributed by atoms with Crippen molar-refractivity contribution in [2.24, 2.45) is 0 Å². The number of nitrogens with zero attached hydrogens (tertiary/aromatic N) is 1. The summed E-state index contributed by atoms with van der Waals surface area (Å²) in [6, 6.07) is 73.6. The largest absolute Gasteiger partial charge is 0.455 e. The molecule has 3 aliphatic carbocycles. The van der Waals surface area contributed by atoms with Crippen LogP contribution in [0.5, 0.6) is 0 Å². The lowest BCUT2D eigenvalue weighted by atomic mass is 9.72. The predicted octanol–water partition coefficient (Wildman–Crippen LogP) is 19.2. The second-order valence-electron chi connectivity index (χ2n) is 21.9. The van der Waals surface area contributed by atoms with Gasteiger partial charge in [-0.3, -0.25) is 0 Å². The molecule has 72 heavy (non-hydrogen) atoms. The first-order valence-electron chi connectivity index (χ1n) is 25.4. The van der Waals surface area contributed by atoms with E-state index in [0.717, 1.165) is 55.9 Å². The third-order valence-electron chi connectivity index (χ3n) is 17.0. The van der Waals surface area contributed by atoms with E-state index in [9.17, 15) is 0 Å². The number of fused-ring (bicyclic) bond motifs is 19. The van der Waals surface area contributed by atoms with E-state index >= 15 is 0 Å². The number of rotatable bonds is 5. The van der Waals surface area contributed by atoms with Gasteiger partial charge in [-0.15, -0.1) is 0 Å². The van der Waals surface area contributed by atoms with Crippen molar-refractivity contribution in [2.45, 2.75) is 57.8 Å². The summed E-state index contributed by atoms with van der Waals surface area (Å²) in [7, 11) is 0. The minimum atomic E-state index is -0.342. The molecule has 2 aromatic heterocycles. The first-order valence-corrected chi connectivity index (χ1v) is 25.4. The normalized spacial score (nSPS) is 15.1. The molecule has 0 radical (unpaired) electrons. The third-order valence-corrected chi connectivity index (χ3v) is 17.0. The van der Waals surface area contributed by atoms with Crippen LogP contribution < -0.4 is 4.90 Å². The second-order valence-corrected chi connectivity index (χ2v) is 21.9. The van der Waals surface area contributed by atoms with Crippen LogP contribution in [0.4, 0.5) is 17.1 Å². The third kappa shape index (κ3) is 5.40. The average molecular weight is 926 g/mol. The molecule has 0 atom stereocenters. The maximum atomic E-state index is 7.01. The van der Waals surface area contributed by atoms with Gasteiger partial charge in [-0.2, -0.15) is 0 Å². The molecule has 344 valence electrons. The second kappa shape index (κ2) is 14.4. The molecule has 3 aliphatic rings. The van der Waals surface area contributed by atoms with Crippen molar-refractivity contribution in [2.75, 3.05) is 4.90 Å². The average Bonchev–Trinajstić information content (AvgIpc) is 4.17. The summed E-state index contributed by atoms with van der Waals surface area (Å²) in [5.74, 6) is 0. The molecule has 15 rings (SSSR count). The molecule has 3 heteroatoms.